The molecule has 0 nitrogen and oxygen atoms in total. The molecular weight excluding hydrogens is 216 g/mol. The van der Waals surface area contributed by atoms with Gasteiger partial charge in [0.2, 0.25) is 0 Å². The topological polar surface area (TPSA) is 0 Å². The normalized spacial score (nSPS) is 15.3. The summed E-state index contributed by atoms with van der Waals surface area (Å²) >= 11 is 0. The zero-order valence-corrected chi connectivity index (χ0v) is 11.2. The first-order valence-corrected chi connectivity index (χ1v) is 6.57. The van der Waals surface area contributed by atoms with Crippen molar-refractivity contribution in [3.8, 4) is 0 Å². The van der Waals surface area contributed by atoms with Gasteiger partial charge in [-0.1, -0.05) is 48.1 Å². The van der Waals surface area contributed by atoms with Crippen LogP contribution in [0.2, 0.25) is 0 Å². The smallest absolute Gasteiger partial charge is 0.00334 e. The molecule has 1 aliphatic rings. The summed E-state index contributed by atoms with van der Waals surface area (Å²) in [5.74, 6) is 0. The molecule has 0 aromatic heterocycles. The molecule has 2 aromatic rings. The number of aryl methyl sites for hydroxylation is 1. The minimum atomic E-state index is 1.05. The van der Waals surface area contributed by atoms with Crippen molar-refractivity contribution in [3.05, 3.63) is 51.4 Å². The van der Waals surface area contributed by atoms with E-state index in [1.165, 1.54) is 37.9 Å². The Kier molecular flexibility index (Phi) is 2.59. The predicted octanol–water partition coefficient (Wildman–Crippen LogP) is 3.54. The van der Waals surface area contributed by atoms with E-state index in [1.807, 2.05) is 0 Å². The SMILES string of the molecule is C/C=c1/ccc2c3c(ccc(C)c13)C=C(C)CC=2. The Morgan fingerprint density at radius 1 is 1.00 bits per heavy atom. The Morgan fingerprint density at radius 3 is 2.61 bits per heavy atom. The summed E-state index contributed by atoms with van der Waals surface area (Å²) in [6.45, 7) is 6.53. The van der Waals surface area contributed by atoms with Gasteiger partial charge in [0.15, 0.2) is 0 Å². The molecule has 0 heteroatoms. The summed E-state index contributed by atoms with van der Waals surface area (Å²) < 4.78 is 0. The molecule has 0 bridgehead atoms. The van der Waals surface area contributed by atoms with Crippen molar-refractivity contribution in [1.82, 2.24) is 0 Å². The van der Waals surface area contributed by atoms with E-state index in [0.717, 1.165) is 6.42 Å². The highest BCUT2D eigenvalue weighted by atomic mass is 14.1. The monoisotopic (exact) mass is 234 g/mol. The third-order valence-corrected chi connectivity index (χ3v) is 3.82. The fourth-order valence-electron chi connectivity index (χ4n) is 2.88. The molecule has 0 atom stereocenters. The van der Waals surface area contributed by atoms with Gasteiger partial charge in [0.25, 0.3) is 0 Å². The van der Waals surface area contributed by atoms with Gasteiger partial charge < -0.3 is 0 Å². The van der Waals surface area contributed by atoms with Crippen molar-refractivity contribution in [2.24, 2.45) is 0 Å². The van der Waals surface area contributed by atoms with Gasteiger partial charge in [0, 0.05) is 0 Å². The van der Waals surface area contributed by atoms with Crippen molar-refractivity contribution in [2.75, 3.05) is 0 Å². The Balaban J connectivity index is 2.65. The molecule has 1 aliphatic carbocycles. The van der Waals surface area contributed by atoms with Crippen LogP contribution in [0.5, 0.6) is 0 Å². The van der Waals surface area contributed by atoms with Gasteiger partial charge in [0.1, 0.15) is 0 Å². The first kappa shape index (κ1) is 11.3. The molecule has 0 N–H and O–H groups in total. The average Bonchev–Trinajstić information content (AvgIpc) is 2.54. The number of benzene rings is 2. The fraction of sp³-hybridized carbons (Fsp3) is 0.222. The zero-order chi connectivity index (χ0) is 12.7. The zero-order valence-electron chi connectivity index (χ0n) is 11.2. The van der Waals surface area contributed by atoms with Gasteiger partial charge in [0.05, 0.1) is 0 Å². The summed E-state index contributed by atoms with van der Waals surface area (Å²) in [6.07, 6.45) is 7.94. The van der Waals surface area contributed by atoms with E-state index < -0.39 is 0 Å². The lowest BCUT2D eigenvalue weighted by molar-refractivity contribution is 1.29. The summed E-state index contributed by atoms with van der Waals surface area (Å²) in [5.41, 5.74) is 4.16. The van der Waals surface area contributed by atoms with Crippen LogP contribution in [-0.4, -0.2) is 0 Å². The van der Waals surface area contributed by atoms with Crippen LogP contribution >= 0.6 is 0 Å². The molecule has 0 heterocycles. The molecule has 0 saturated heterocycles. The largest absolute Gasteiger partial charge is 0.0798 e. The standard InChI is InChI=1S/C18H18/c1-4-14-9-10-15-7-5-12(2)11-16-8-6-13(3)17(14)18(15)16/h4,6-11H,5H2,1-3H3/b14-4-. The molecule has 0 fully saturated rings. The van der Waals surface area contributed by atoms with Gasteiger partial charge in [-0.3, -0.25) is 0 Å². The Labute approximate surface area is 108 Å². The molecule has 0 radical (unpaired) electrons. The van der Waals surface area contributed by atoms with E-state index in [1.54, 1.807) is 0 Å². The van der Waals surface area contributed by atoms with Crippen LogP contribution in [-0.2, 0) is 0 Å². The molecule has 0 spiro atoms. The number of hydrogen-bond acceptors (Lipinski definition) is 0. The van der Waals surface area contributed by atoms with Crippen LogP contribution in [0, 0.1) is 6.92 Å². The van der Waals surface area contributed by atoms with Crippen molar-refractivity contribution >= 4 is 29.0 Å². The summed E-state index contributed by atoms with van der Waals surface area (Å²) in [4.78, 5) is 0. The maximum absolute atomic E-state index is 2.35. The second-order valence-corrected chi connectivity index (χ2v) is 5.15. The van der Waals surface area contributed by atoms with E-state index in [2.05, 4.69) is 63.3 Å². The fourth-order valence-corrected chi connectivity index (χ4v) is 2.88. The maximum atomic E-state index is 2.35. The highest BCUT2D eigenvalue weighted by Crippen LogP contribution is 2.22. The quantitative estimate of drug-likeness (QED) is 0.654. The molecule has 18 heavy (non-hydrogen) atoms. The Morgan fingerprint density at radius 2 is 1.83 bits per heavy atom. The van der Waals surface area contributed by atoms with Crippen LogP contribution in [0.1, 0.15) is 31.4 Å². The molecule has 90 valence electrons. The lowest BCUT2D eigenvalue weighted by Gasteiger charge is -2.07. The minimum Gasteiger partial charge on any atom is -0.0798 e. The number of hydrogen-bond donors (Lipinski definition) is 0. The molecule has 0 saturated carbocycles. The summed E-state index contributed by atoms with van der Waals surface area (Å²) in [5, 5.41) is 5.55. The van der Waals surface area contributed by atoms with E-state index in [9.17, 15) is 0 Å². The highest BCUT2D eigenvalue weighted by Gasteiger charge is 2.07. The average molecular weight is 234 g/mol. The lowest BCUT2D eigenvalue weighted by atomic mass is 9.96. The van der Waals surface area contributed by atoms with E-state index in [4.69, 9.17) is 0 Å². The highest BCUT2D eigenvalue weighted by molar-refractivity contribution is 5.95. The van der Waals surface area contributed by atoms with Crippen LogP contribution in [0.25, 0.3) is 29.0 Å². The Hall–Kier alpha value is -1.82. The van der Waals surface area contributed by atoms with Gasteiger partial charge in [-0.2, -0.15) is 0 Å². The maximum Gasteiger partial charge on any atom is -0.00334 e. The van der Waals surface area contributed by atoms with Crippen molar-refractivity contribution in [1.29, 1.82) is 0 Å². The van der Waals surface area contributed by atoms with E-state index >= 15 is 0 Å². The van der Waals surface area contributed by atoms with Crippen LogP contribution in [0.4, 0.5) is 0 Å². The van der Waals surface area contributed by atoms with Gasteiger partial charge in [-0.15, -0.1) is 0 Å². The number of rotatable bonds is 0. The molecule has 0 aliphatic heterocycles. The van der Waals surface area contributed by atoms with Crippen LogP contribution in [0.15, 0.2) is 29.8 Å². The second kappa shape index (κ2) is 4.13. The van der Waals surface area contributed by atoms with E-state index in [-0.39, 0.29) is 0 Å². The van der Waals surface area contributed by atoms with Crippen molar-refractivity contribution in [3.63, 3.8) is 0 Å². The van der Waals surface area contributed by atoms with Gasteiger partial charge in [-0.25, -0.2) is 0 Å². The molecular formula is C18H18. The van der Waals surface area contributed by atoms with E-state index in [0.29, 0.717) is 0 Å². The molecule has 3 rings (SSSR count). The minimum absolute atomic E-state index is 1.05. The Bertz CT molecular complexity index is 774. The molecule has 0 unspecified atom stereocenters. The van der Waals surface area contributed by atoms with Crippen molar-refractivity contribution < 1.29 is 0 Å². The summed E-state index contributed by atoms with van der Waals surface area (Å²) in [7, 11) is 0. The third kappa shape index (κ3) is 1.60. The van der Waals surface area contributed by atoms with Crippen LogP contribution in [0.3, 0.4) is 0 Å². The van der Waals surface area contributed by atoms with Crippen molar-refractivity contribution in [2.45, 2.75) is 27.2 Å². The second-order valence-electron chi connectivity index (χ2n) is 5.15. The number of allylic oxidation sites excluding steroid dienone is 1. The molecule has 2 aromatic carbocycles. The first-order chi connectivity index (χ1) is 8.70. The predicted molar refractivity (Wildman–Crippen MR) is 80.8 cm³/mol. The third-order valence-electron chi connectivity index (χ3n) is 3.82. The van der Waals surface area contributed by atoms with Gasteiger partial charge >= 0.3 is 0 Å². The lowest BCUT2D eigenvalue weighted by Crippen LogP contribution is -2.12. The van der Waals surface area contributed by atoms with Crippen LogP contribution < -0.4 is 10.4 Å². The summed E-state index contributed by atoms with van der Waals surface area (Å²) in [6, 6.07) is 8.99. The first-order valence-electron chi connectivity index (χ1n) is 6.57. The molecule has 0 amide bonds. The van der Waals surface area contributed by atoms with Gasteiger partial charge in [-0.05, 0) is 59.5 Å².